The first-order valence-electron chi connectivity index (χ1n) is 13.8. The highest BCUT2D eigenvalue weighted by atomic mass is 16.5. The minimum absolute atomic E-state index is 0.137. The van der Waals surface area contributed by atoms with Crippen molar-refractivity contribution in [2.45, 2.75) is 45.4 Å². The molecule has 0 aliphatic carbocycles. The van der Waals surface area contributed by atoms with Crippen molar-refractivity contribution in [3.63, 3.8) is 0 Å². The maximum atomic E-state index is 13.3. The normalized spacial score (nSPS) is 15.6. The third kappa shape index (κ3) is 6.02. The van der Waals surface area contributed by atoms with Crippen LogP contribution in [0.15, 0.2) is 66.7 Å². The zero-order valence-corrected chi connectivity index (χ0v) is 23.2. The van der Waals surface area contributed by atoms with Crippen molar-refractivity contribution in [2.75, 3.05) is 30.5 Å². The number of hydrogen-bond acceptors (Lipinski definition) is 5. The lowest BCUT2D eigenvalue weighted by Crippen LogP contribution is -2.21. The summed E-state index contributed by atoms with van der Waals surface area (Å²) in [7, 11) is 0. The van der Waals surface area contributed by atoms with Gasteiger partial charge < -0.3 is 30.3 Å². The number of fused-ring (bicyclic) bond motifs is 1. The number of nitrogens with zero attached hydrogens (tertiary/aromatic N) is 1. The van der Waals surface area contributed by atoms with Gasteiger partial charge in [0.2, 0.25) is 0 Å². The van der Waals surface area contributed by atoms with Crippen molar-refractivity contribution >= 4 is 28.2 Å². The summed E-state index contributed by atoms with van der Waals surface area (Å²) < 4.78 is 13.0. The summed E-state index contributed by atoms with van der Waals surface area (Å²) in [6.45, 7) is 8.49. The zero-order chi connectivity index (χ0) is 28.3. The molecule has 1 aliphatic rings. The molecule has 210 valence electrons. The van der Waals surface area contributed by atoms with Crippen molar-refractivity contribution in [1.29, 1.82) is 0 Å². The molecule has 0 saturated carbocycles. The summed E-state index contributed by atoms with van der Waals surface area (Å²) in [5, 5.41) is 28.4. The van der Waals surface area contributed by atoms with E-state index in [0.29, 0.717) is 29.6 Å². The van der Waals surface area contributed by atoms with E-state index in [1.165, 1.54) is 23.1 Å². The largest absolute Gasteiger partial charge is 0.494 e. The van der Waals surface area contributed by atoms with Crippen LogP contribution < -0.4 is 15.4 Å². The number of hydrogen-bond donors (Lipinski definition) is 4. The van der Waals surface area contributed by atoms with Crippen molar-refractivity contribution < 1.29 is 24.5 Å². The molecule has 1 saturated heterocycles. The molecule has 8 heteroatoms. The van der Waals surface area contributed by atoms with Crippen molar-refractivity contribution in [2.24, 2.45) is 5.92 Å². The van der Waals surface area contributed by atoms with Gasteiger partial charge in [0.15, 0.2) is 11.8 Å². The first-order chi connectivity index (χ1) is 19.2. The van der Waals surface area contributed by atoms with Crippen LogP contribution >= 0.6 is 0 Å². The fourth-order valence-electron chi connectivity index (χ4n) is 5.11. The molecule has 3 aromatic carbocycles. The van der Waals surface area contributed by atoms with Gasteiger partial charge in [0.05, 0.1) is 23.7 Å². The Morgan fingerprint density at radius 2 is 1.70 bits per heavy atom. The molecular weight excluding hydrogens is 506 g/mol. The minimum atomic E-state index is -0.449. The summed E-state index contributed by atoms with van der Waals surface area (Å²) in [5.74, 6) is 1.03. The van der Waals surface area contributed by atoms with Crippen LogP contribution in [0.1, 0.15) is 45.6 Å². The van der Waals surface area contributed by atoms with Crippen LogP contribution in [-0.4, -0.2) is 40.6 Å². The summed E-state index contributed by atoms with van der Waals surface area (Å²) in [5.41, 5.74) is 2.34. The monoisotopic (exact) mass is 543 g/mol. The van der Waals surface area contributed by atoms with Crippen LogP contribution in [0.2, 0.25) is 0 Å². The number of aromatic nitrogens is 1. The number of carbonyl (C=O) groups is 1. The number of nitrogens with one attached hydrogen (secondary N) is 2. The molecule has 4 aromatic rings. The fourth-order valence-corrected chi connectivity index (χ4v) is 5.11. The highest BCUT2D eigenvalue weighted by molar-refractivity contribution is 6.08. The predicted molar refractivity (Wildman–Crippen MR) is 158 cm³/mol. The van der Waals surface area contributed by atoms with Gasteiger partial charge in [-0.15, -0.1) is 0 Å². The highest BCUT2D eigenvalue weighted by Crippen LogP contribution is 2.36. The quantitative estimate of drug-likeness (QED) is 0.198. The number of rotatable bonds is 7. The Labute approximate surface area is 234 Å². The summed E-state index contributed by atoms with van der Waals surface area (Å²) in [6.07, 6.45) is 3.22. The van der Waals surface area contributed by atoms with Crippen LogP contribution in [0.4, 0.5) is 16.2 Å². The van der Waals surface area contributed by atoms with Crippen LogP contribution in [0.3, 0.4) is 0 Å². The number of benzene rings is 3. The minimum Gasteiger partial charge on any atom is -0.494 e. The number of amides is 2. The molecule has 1 unspecified atom stereocenters. The van der Waals surface area contributed by atoms with Gasteiger partial charge in [-0.25, -0.2) is 9.36 Å². The van der Waals surface area contributed by atoms with E-state index in [1.54, 1.807) is 6.07 Å². The standard InChI is InChI=1S/C32H37N3O5/c1-32(2,3)22-10-12-27(35-29(36)14-15-30(35)37)26(19-22)34-31(38)33-25-11-13-28(24-9-5-4-8-23(24)25)40-18-16-21-7-6-17-39-20-21/h4-5,8-15,19,21,36-37H,6-7,16-18,20H2,1-3H3,(H2,33,34,38). The topological polar surface area (TPSA) is 105 Å². The van der Waals surface area contributed by atoms with Crippen LogP contribution in [-0.2, 0) is 10.2 Å². The van der Waals surface area contributed by atoms with Gasteiger partial charge in [0.25, 0.3) is 0 Å². The lowest BCUT2D eigenvalue weighted by atomic mass is 9.86. The van der Waals surface area contributed by atoms with Crippen LogP contribution in [0.25, 0.3) is 16.5 Å². The molecule has 2 amide bonds. The average Bonchev–Trinajstić information content (AvgIpc) is 3.27. The Hall–Kier alpha value is -4.17. The molecule has 5 rings (SSSR count). The summed E-state index contributed by atoms with van der Waals surface area (Å²) >= 11 is 0. The maximum Gasteiger partial charge on any atom is 0.323 e. The van der Waals surface area contributed by atoms with Gasteiger partial charge in [-0.3, -0.25) is 0 Å². The van der Waals surface area contributed by atoms with E-state index in [4.69, 9.17) is 9.47 Å². The first kappa shape index (κ1) is 27.4. The van der Waals surface area contributed by atoms with Crippen molar-refractivity contribution in [3.8, 4) is 23.2 Å². The zero-order valence-electron chi connectivity index (χ0n) is 23.2. The van der Waals surface area contributed by atoms with Crippen molar-refractivity contribution in [3.05, 3.63) is 72.3 Å². The van der Waals surface area contributed by atoms with E-state index in [0.717, 1.165) is 48.1 Å². The van der Waals surface area contributed by atoms with Crippen molar-refractivity contribution in [1.82, 2.24) is 4.57 Å². The molecule has 4 N–H and O–H groups in total. The fraction of sp³-hybridized carbons (Fsp3) is 0.344. The highest BCUT2D eigenvalue weighted by Gasteiger charge is 2.20. The Morgan fingerprint density at radius 1 is 0.975 bits per heavy atom. The Morgan fingerprint density at radius 3 is 2.40 bits per heavy atom. The molecule has 1 fully saturated rings. The molecule has 40 heavy (non-hydrogen) atoms. The predicted octanol–water partition coefficient (Wildman–Crippen LogP) is 7.18. The smallest absolute Gasteiger partial charge is 0.323 e. The third-order valence-electron chi connectivity index (χ3n) is 7.36. The summed E-state index contributed by atoms with van der Waals surface area (Å²) in [6, 6.07) is 19.5. The van der Waals surface area contributed by atoms with E-state index < -0.39 is 6.03 Å². The summed E-state index contributed by atoms with van der Waals surface area (Å²) in [4.78, 5) is 13.3. The molecule has 2 heterocycles. The Kier molecular flexibility index (Phi) is 7.89. The number of carbonyl (C=O) groups excluding carboxylic acids is 1. The van der Waals surface area contributed by atoms with Crippen LogP contribution in [0.5, 0.6) is 17.5 Å². The molecule has 8 nitrogen and oxygen atoms in total. The second kappa shape index (κ2) is 11.5. The number of urea groups is 1. The number of ether oxygens (including phenoxy) is 2. The Balaban J connectivity index is 1.37. The van der Waals surface area contributed by atoms with E-state index in [9.17, 15) is 15.0 Å². The van der Waals surface area contributed by atoms with E-state index in [2.05, 4.69) is 31.4 Å². The molecule has 0 bridgehead atoms. The van der Waals surface area contributed by atoms with Gasteiger partial charge in [0, 0.05) is 36.1 Å². The molecular formula is C32H37N3O5. The van der Waals surface area contributed by atoms with Gasteiger partial charge in [-0.05, 0) is 60.4 Å². The second-order valence-electron chi connectivity index (χ2n) is 11.3. The van der Waals surface area contributed by atoms with Gasteiger partial charge in [-0.1, -0.05) is 51.1 Å². The lowest BCUT2D eigenvalue weighted by Gasteiger charge is -2.23. The lowest BCUT2D eigenvalue weighted by molar-refractivity contribution is 0.0463. The van der Waals surface area contributed by atoms with Gasteiger partial charge in [0.1, 0.15) is 5.75 Å². The maximum absolute atomic E-state index is 13.3. The second-order valence-corrected chi connectivity index (χ2v) is 11.3. The number of anilines is 2. The molecule has 1 atom stereocenters. The van der Waals surface area contributed by atoms with Gasteiger partial charge in [-0.2, -0.15) is 0 Å². The first-order valence-corrected chi connectivity index (χ1v) is 13.8. The SMILES string of the molecule is CC(C)(C)c1ccc(-n2c(O)ccc2O)c(NC(=O)Nc2ccc(OCCC3CCCOC3)c3ccccc23)c1. The molecule has 1 aromatic heterocycles. The third-order valence-corrected chi connectivity index (χ3v) is 7.36. The number of aromatic hydroxyl groups is 2. The van der Waals surface area contributed by atoms with E-state index in [-0.39, 0.29) is 17.2 Å². The molecule has 1 aliphatic heterocycles. The van der Waals surface area contributed by atoms with Crippen LogP contribution in [0, 0.1) is 5.92 Å². The van der Waals surface area contributed by atoms with E-state index >= 15 is 0 Å². The van der Waals surface area contributed by atoms with E-state index in [1.807, 2.05) is 48.5 Å². The van der Waals surface area contributed by atoms with Gasteiger partial charge >= 0.3 is 6.03 Å². The molecule has 0 radical (unpaired) electrons. The average molecular weight is 544 g/mol. The molecule has 0 spiro atoms. The Bertz CT molecular complexity index is 1480.